The smallest absolute Gasteiger partial charge is 0.339 e. The number of Topliss-reactive ketones (excluding diaryl/α,β-unsaturated/α-hetero) is 1. The van der Waals surface area contributed by atoms with Crippen molar-refractivity contribution in [3.05, 3.63) is 0 Å². The maximum absolute atomic E-state index is 12.7. The van der Waals surface area contributed by atoms with Crippen molar-refractivity contribution in [2.45, 2.75) is 83.2 Å². The molecule has 0 spiro atoms. The van der Waals surface area contributed by atoms with Gasteiger partial charge in [-0.15, -0.1) is 0 Å². The minimum Gasteiger partial charge on any atom is -0.469 e. The highest BCUT2D eigenvalue weighted by atomic mass is 16.6. The highest BCUT2D eigenvalue weighted by Gasteiger charge is 2.54. The van der Waals surface area contributed by atoms with Gasteiger partial charge in [-0.05, 0) is 6.42 Å². The molecule has 0 saturated carbocycles. The van der Waals surface area contributed by atoms with Crippen molar-refractivity contribution in [1.82, 2.24) is 0 Å². The van der Waals surface area contributed by atoms with Gasteiger partial charge in [0.05, 0.1) is 27.8 Å². The van der Waals surface area contributed by atoms with E-state index in [1.165, 1.54) is 25.7 Å². The Morgan fingerprint density at radius 2 is 1.31 bits per heavy atom. The van der Waals surface area contributed by atoms with Crippen LogP contribution >= 0.6 is 0 Å². The molecule has 0 aromatic rings. The summed E-state index contributed by atoms with van der Waals surface area (Å²) in [6.45, 7) is 2.17. The highest BCUT2D eigenvalue weighted by Crippen LogP contribution is 2.28. The van der Waals surface area contributed by atoms with Crippen molar-refractivity contribution in [2.75, 3.05) is 21.3 Å². The molecule has 1 N–H and O–H groups in total. The lowest BCUT2D eigenvalue weighted by atomic mass is 9.80. The largest absolute Gasteiger partial charge is 0.469 e. The molecule has 0 radical (unpaired) electrons. The summed E-state index contributed by atoms with van der Waals surface area (Å²) in [5.41, 5.74) is -2.68. The molecule has 8 heteroatoms. The second-order valence-electron chi connectivity index (χ2n) is 7.17. The molecule has 0 saturated heterocycles. The van der Waals surface area contributed by atoms with Crippen LogP contribution in [0.2, 0.25) is 0 Å². The summed E-state index contributed by atoms with van der Waals surface area (Å²) < 4.78 is 13.6. The number of carbonyl (C=O) groups is 4. The number of hydrogen-bond acceptors (Lipinski definition) is 8. The first-order valence-corrected chi connectivity index (χ1v) is 10.3. The molecule has 0 amide bonds. The second-order valence-corrected chi connectivity index (χ2v) is 7.17. The Balaban J connectivity index is 4.89. The fourth-order valence-electron chi connectivity index (χ4n) is 3.23. The van der Waals surface area contributed by atoms with Crippen molar-refractivity contribution in [2.24, 2.45) is 5.92 Å². The molecule has 0 aliphatic heterocycles. The third-order valence-electron chi connectivity index (χ3n) is 4.94. The number of methoxy groups -OCH3 is 3. The van der Waals surface area contributed by atoms with Gasteiger partial charge >= 0.3 is 17.9 Å². The van der Waals surface area contributed by atoms with Crippen molar-refractivity contribution < 1.29 is 38.5 Å². The first-order valence-electron chi connectivity index (χ1n) is 10.3. The summed E-state index contributed by atoms with van der Waals surface area (Å²) in [5.74, 6) is -5.84. The molecule has 2 atom stereocenters. The molecule has 2 unspecified atom stereocenters. The summed E-state index contributed by atoms with van der Waals surface area (Å²) >= 11 is 0. The Labute approximate surface area is 173 Å². The first kappa shape index (κ1) is 27.0. The minimum atomic E-state index is -2.68. The van der Waals surface area contributed by atoms with Crippen LogP contribution < -0.4 is 0 Å². The molecule has 0 aromatic carbocycles. The molecular formula is C21H36O8. The maximum Gasteiger partial charge on any atom is 0.339 e. The highest BCUT2D eigenvalue weighted by molar-refractivity contribution is 6.06. The summed E-state index contributed by atoms with van der Waals surface area (Å²) in [7, 11) is 3.10. The van der Waals surface area contributed by atoms with Gasteiger partial charge in [0.15, 0.2) is 17.3 Å². The average molecular weight is 417 g/mol. The third kappa shape index (κ3) is 9.39. The average Bonchev–Trinajstić information content (AvgIpc) is 2.71. The predicted molar refractivity (Wildman–Crippen MR) is 106 cm³/mol. The molecule has 0 aliphatic rings. The van der Waals surface area contributed by atoms with Gasteiger partial charge in [-0.3, -0.25) is 14.4 Å². The molecule has 168 valence electrons. The van der Waals surface area contributed by atoms with E-state index in [0.717, 1.165) is 47.0 Å². The van der Waals surface area contributed by atoms with Crippen LogP contribution in [0.3, 0.4) is 0 Å². The van der Waals surface area contributed by atoms with Gasteiger partial charge in [0.2, 0.25) is 0 Å². The van der Waals surface area contributed by atoms with Gasteiger partial charge in [0.25, 0.3) is 0 Å². The van der Waals surface area contributed by atoms with Crippen LogP contribution in [0.4, 0.5) is 0 Å². The molecule has 8 nitrogen and oxygen atoms in total. The molecule has 0 aliphatic carbocycles. The van der Waals surface area contributed by atoms with E-state index < -0.39 is 41.6 Å². The lowest BCUT2D eigenvalue weighted by molar-refractivity contribution is -0.184. The Hall–Kier alpha value is -1.96. The Morgan fingerprint density at radius 1 is 0.793 bits per heavy atom. The number of ether oxygens (including phenoxy) is 3. The molecule has 0 fully saturated rings. The number of carbonyl (C=O) groups excluding carboxylic acids is 4. The Kier molecular flexibility index (Phi) is 13.9. The second kappa shape index (κ2) is 15.0. The molecule has 0 aromatic heterocycles. The lowest BCUT2D eigenvalue weighted by Gasteiger charge is -2.30. The van der Waals surface area contributed by atoms with Gasteiger partial charge < -0.3 is 19.3 Å². The topological polar surface area (TPSA) is 116 Å². The number of rotatable bonds is 16. The van der Waals surface area contributed by atoms with Crippen LogP contribution in [0.15, 0.2) is 0 Å². The number of unbranched alkanes of at least 4 members (excludes halogenated alkanes) is 8. The summed E-state index contributed by atoms with van der Waals surface area (Å²) in [5, 5.41) is 10.8. The zero-order valence-corrected chi connectivity index (χ0v) is 18.2. The monoisotopic (exact) mass is 416 g/mol. The van der Waals surface area contributed by atoms with Crippen LogP contribution in [-0.2, 0) is 33.4 Å². The molecule has 29 heavy (non-hydrogen) atoms. The molecule has 0 bridgehead atoms. The van der Waals surface area contributed by atoms with E-state index in [9.17, 15) is 24.3 Å². The molecular weight excluding hydrogens is 380 g/mol. The lowest BCUT2D eigenvalue weighted by Crippen LogP contribution is -2.54. The van der Waals surface area contributed by atoms with Crippen LogP contribution in [-0.4, -0.2) is 55.7 Å². The van der Waals surface area contributed by atoms with Crippen molar-refractivity contribution in [3.8, 4) is 0 Å². The predicted octanol–water partition coefficient (Wildman–Crippen LogP) is 2.73. The molecule has 0 rings (SSSR count). The zero-order valence-electron chi connectivity index (χ0n) is 18.2. The number of hydrogen-bond donors (Lipinski definition) is 1. The number of aliphatic hydroxyl groups is 1. The van der Waals surface area contributed by atoms with Crippen LogP contribution in [0, 0.1) is 5.92 Å². The molecule has 0 heterocycles. The SMILES string of the molecule is CCCCCCCCCCCC(=O)C(C(=O)OC)C(O)(CC(=O)OC)C(=O)OC. The summed E-state index contributed by atoms with van der Waals surface area (Å²) in [6.07, 6.45) is 8.49. The van der Waals surface area contributed by atoms with Crippen LogP contribution in [0.1, 0.15) is 77.6 Å². The van der Waals surface area contributed by atoms with Crippen molar-refractivity contribution in [1.29, 1.82) is 0 Å². The van der Waals surface area contributed by atoms with Gasteiger partial charge in [-0.2, -0.15) is 0 Å². The van der Waals surface area contributed by atoms with E-state index in [1.54, 1.807) is 0 Å². The zero-order chi connectivity index (χ0) is 22.3. The standard InChI is InChI=1S/C21H36O8/c1-5-6-7-8-9-10-11-12-13-14-16(22)18(19(24)28-3)21(26,20(25)29-4)15-17(23)27-2/h18,26H,5-15H2,1-4H3. The maximum atomic E-state index is 12.7. The Morgan fingerprint density at radius 3 is 1.76 bits per heavy atom. The van der Waals surface area contributed by atoms with Crippen LogP contribution in [0.5, 0.6) is 0 Å². The fourth-order valence-corrected chi connectivity index (χ4v) is 3.23. The van der Waals surface area contributed by atoms with Gasteiger partial charge in [-0.1, -0.05) is 58.3 Å². The van der Waals surface area contributed by atoms with E-state index in [4.69, 9.17) is 0 Å². The Bertz CT molecular complexity index is 531. The van der Waals surface area contributed by atoms with Crippen LogP contribution in [0.25, 0.3) is 0 Å². The summed E-state index contributed by atoms with van der Waals surface area (Å²) in [4.78, 5) is 48.6. The van der Waals surface area contributed by atoms with Gasteiger partial charge in [0.1, 0.15) is 0 Å². The number of ketones is 1. The van der Waals surface area contributed by atoms with Gasteiger partial charge in [-0.25, -0.2) is 4.79 Å². The third-order valence-corrected chi connectivity index (χ3v) is 4.94. The van der Waals surface area contributed by atoms with E-state index in [1.807, 2.05) is 0 Å². The summed E-state index contributed by atoms with van der Waals surface area (Å²) in [6, 6.07) is 0. The van der Waals surface area contributed by atoms with Crippen molar-refractivity contribution in [3.63, 3.8) is 0 Å². The van der Waals surface area contributed by atoms with E-state index in [2.05, 4.69) is 21.1 Å². The minimum absolute atomic E-state index is 0.0178. The van der Waals surface area contributed by atoms with E-state index in [-0.39, 0.29) is 6.42 Å². The first-order chi connectivity index (χ1) is 13.8. The quantitative estimate of drug-likeness (QED) is 0.177. The normalized spacial score (nSPS) is 13.8. The van der Waals surface area contributed by atoms with Crippen molar-refractivity contribution >= 4 is 23.7 Å². The van der Waals surface area contributed by atoms with E-state index in [0.29, 0.717) is 6.42 Å². The van der Waals surface area contributed by atoms with Gasteiger partial charge in [0, 0.05) is 6.42 Å². The fraction of sp³-hybridized carbons (Fsp3) is 0.810. The van der Waals surface area contributed by atoms with E-state index >= 15 is 0 Å². The number of esters is 3.